The number of thioether (sulfide) groups is 1. The quantitative estimate of drug-likeness (QED) is 0.488. The van der Waals surface area contributed by atoms with E-state index in [1.807, 2.05) is 0 Å². The Morgan fingerprint density at radius 2 is 1.88 bits per heavy atom. The number of rotatable bonds is 9. The van der Waals surface area contributed by atoms with Crippen LogP contribution in [0.2, 0.25) is 0 Å². The monoisotopic (exact) mass is 406 g/mol. The fourth-order valence-corrected chi connectivity index (χ4v) is 2.89. The molecular weight excluding hydrogens is 384 g/mol. The van der Waals surface area contributed by atoms with Crippen LogP contribution in [0.4, 0.5) is 4.79 Å². The third-order valence-electron chi connectivity index (χ3n) is 3.44. The summed E-state index contributed by atoms with van der Waals surface area (Å²) in [5, 5.41) is -0.717. The van der Waals surface area contributed by atoms with Gasteiger partial charge in [-0.2, -0.15) is 12.6 Å². The second-order valence-corrected chi connectivity index (χ2v) is 7.77. The molecule has 0 radical (unpaired) electrons. The zero-order valence-electron chi connectivity index (χ0n) is 15.0. The van der Waals surface area contributed by atoms with Crippen molar-refractivity contribution in [1.82, 2.24) is 0 Å². The number of aryl methyl sites for hydroxylation is 1. The molecule has 1 rings (SSSR count). The van der Waals surface area contributed by atoms with E-state index < -0.39 is 27.8 Å². The predicted octanol–water partition coefficient (Wildman–Crippen LogP) is 2.76. The second kappa shape index (κ2) is 9.86. The number of Topliss-reactive ketones (excluding diaryl/α,β-unsaturated/α-hetero) is 1. The second-order valence-electron chi connectivity index (χ2n) is 5.84. The van der Waals surface area contributed by atoms with Crippen molar-refractivity contribution in [2.45, 2.75) is 45.5 Å². The van der Waals surface area contributed by atoms with E-state index in [-0.39, 0.29) is 42.7 Å². The third kappa shape index (κ3) is 6.56. The van der Waals surface area contributed by atoms with Gasteiger partial charge in [0.25, 0.3) is 0 Å². The highest BCUT2D eigenvalue weighted by atomic mass is 32.2. The average molecular weight is 406 g/mol. The Balaban J connectivity index is 2.61. The van der Waals surface area contributed by atoms with Crippen molar-refractivity contribution in [1.29, 1.82) is 0 Å². The normalized spacial score (nSPS) is 12.5. The summed E-state index contributed by atoms with van der Waals surface area (Å²) in [6.45, 7) is 6.23. The summed E-state index contributed by atoms with van der Waals surface area (Å²) in [6, 6.07) is 0. The lowest BCUT2D eigenvalue weighted by atomic mass is 9.97. The molecule has 0 aliphatic rings. The van der Waals surface area contributed by atoms with Crippen LogP contribution in [0.25, 0.3) is 0 Å². The Labute approximate surface area is 160 Å². The maximum Gasteiger partial charge on any atom is 0.519 e. The summed E-state index contributed by atoms with van der Waals surface area (Å²) in [6.07, 6.45) is -0.0919. The molecule has 1 aromatic rings. The van der Waals surface area contributed by atoms with Crippen LogP contribution in [0.5, 0.6) is 0 Å². The highest BCUT2D eigenvalue weighted by molar-refractivity contribution is 8.15. The predicted molar refractivity (Wildman–Crippen MR) is 97.4 cm³/mol. The van der Waals surface area contributed by atoms with E-state index in [2.05, 4.69) is 17.0 Å². The van der Waals surface area contributed by atoms with Crippen LogP contribution in [0.3, 0.4) is 0 Å². The summed E-state index contributed by atoms with van der Waals surface area (Å²) >= 11 is 4.76. The van der Waals surface area contributed by atoms with Gasteiger partial charge >= 0.3 is 17.1 Å². The fraction of sp³-hybridized carbons (Fsp3) is 0.625. The number of ether oxygens (including phenoxy) is 2. The van der Waals surface area contributed by atoms with Gasteiger partial charge in [0.2, 0.25) is 0 Å². The largest absolute Gasteiger partial charge is 0.519 e. The zero-order chi connectivity index (χ0) is 19.9. The fourth-order valence-electron chi connectivity index (χ4n) is 1.88. The van der Waals surface area contributed by atoms with Crippen LogP contribution in [-0.4, -0.2) is 34.2 Å². The van der Waals surface area contributed by atoms with Gasteiger partial charge in [-0.05, 0) is 39.5 Å². The third-order valence-corrected chi connectivity index (χ3v) is 4.90. The first-order valence-electron chi connectivity index (χ1n) is 7.86. The summed E-state index contributed by atoms with van der Waals surface area (Å²) < 4.78 is 18.2. The molecule has 0 bridgehead atoms. The molecule has 0 unspecified atom stereocenters. The van der Waals surface area contributed by atoms with Crippen LogP contribution in [0, 0.1) is 12.8 Å². The topological polar surface area (TPSA) is 113 Å². The van der Waals surface area contributed by atoms with Gasteiger partial charge in [-0.1, -0.05) is 0 Å². The van der Waals surface area contributed by atoms with Crippen molar-refractivity contribution in [2.75, 3.05) is 12.4 Å². The average Bonchev–Trinajstić information content (AvgIpc) is 2.87. The number of carbonyl (C=O) groups excluding carboxylic acids is 3. The molecule has 0 amide bonds. The lowest BCUT2D eigenvalue weighted by molar-refractivity contribution is -0.148. The first-order chi connectivity index (χ1) is 12.1. The standard InChI is InChI=1S/C16H22O8S2/c1-5-21-13(18)10(8-25)6-12(17)16(3,4)26-15(20)22-7-11-9(2)23-14(19)24-11/h10,25H,5-8H2,1-4H3/t10-/m0/s1. The first-order valence-corrected chi connectivity index (χ1v) is 9.31. The molecule has 0 aliphatic heterocycles. The molecule has 0 saturated heterocycles. The Morgan fingerprint density at radius 3 is 2.38 bits per heavy atom. The van der Waals surface area contributed by atoms with Gasteiger partial charge < -0.3 is 18.3 Å². The van der Waals surface area contributed by atoms with Gasteiger partial charge in [0.05, 0.1) is 17.3 Å². The molecule has 10 heteroatoms. The number of thiol groups is 1. The number of ketones is 1. The lowest BCUT2D eigenvalue weighted by Crippen LogP contribution is -2.34. The van der Waals surface area contributed by atoms with Crippen molar-refractivity contribution in [2.24, 2.45) is 5.92 Å². The molecule has 0 saturated carbocycles. The van der Waals surface area contributed by atoms with Crippen LogP contribution in [0.15, 0.2) is 13.6 Å². The highest BCUT2D eigenvalue weighted by Gasteiger charge is 2.35. The summed E-state index contributed by atoms with van der Waals surface area (Å²) in [4.78, 5) is 47.2. The van der Waals surface area contributed by atoms with Gasteiger partial charge in [-0.25, -0.2) is 9.59 Å². The van der Waals surface area contributed by atoms with Crippen molar-refractivity contribution >= 4 is 41.4 Å². The van der Waals surface area contributed by atoms with Gasteiger partial charge in [0, 0.05) is 12.2 Å². The number of carbonyl (C=O) groups is 3. The SMILES string of the molecule is CCOC(=O)[C@H](CS)CC(=O)C(C)(C)SC(=O)OCc1oc(=O)oc1C. The first kappa shape index (κ1) is 22.4. The van der Waals surface area contributed by atoms with Crippen LogP contribution in [0.1, 0.15) is 38.7 Å². The van der Waals surface area contributed by atoms with Gasteiger partial charge in [0.15, 0.2) is 18.1 Å². The summed E-state index contributed by atoms with van der Waals surface area (Å²) in [7, 11) is 0. The van der Waals surface area contributed by atoms with Crippen molar-refractivity contribution in [3.8, 4) is 0 Å². The Hall–Kier alpha value is -1.68. The Bertz CT molecular complexity index is 703. The Morgan fingerprint density at radius 1 is 1.23 bits per heavy atom. The molecule has 146 valence electrons. The molecule has 1 atom stereocenters. The molecule has 0 spiro atoms. The van der Waals surface area contributed by atoms with E-state index in [1.54, 1.807) is 20.8 Å². The van der Waals surface area contributed by atoms with E-state index in [0.29, 0.717) is 11.8 Å². The Kier molecular flexibility index (Phi) is 8.48. The van der Waals surface area contributed by atoms with Crippen LogP contribution >= 0.6 is 24.4 Å². The number of hydrogen-bond donors (Lipinski definition) is 1. The number of esters is 1. The molecule has 0 fully saturated rings. The molecule has 0 aliphatic carbocycles. The van der Waals surface area contributed by atoms with Crippen molar-refractivity contribution < 1.29 is 32.7 Å². The van der Waals surface area contributed by atoms with Gasteiger partial charge in [-0.3, -0.25) is 9.59 Å². The molecule has 8 nitrogen and oxygen atoms in total. The lowest BCUT2D eigenvalue weighted by Gasteiger charge is -2.23. The minimum Gasteiger partial charge on any atom is -0.466 e. The molecular formula is C16H22O8S2. The van der Waals surface area contributed by atoms with E-state index in [1.165, 1.54) is 6.92 Å². The molecule has 0 aromatic carbocycles. The van der Waals surface area contributed by atoms with E-state index in [0.717, 1.165) is 0 Å². The van der Waals surface area contributed by atoms with E-state index in [9.17, 15) is 19.2 Å². The molecule has 1 aromatic heterocycles. The van der Waals surface area contributed by atoms with Crippen molar-refractivity contribution in [3.63, 3.8) is 0 Å². The maximum atomic E-state index is 12.5. The minimum absolute atomic E-state index is 0.0919. The zero-order valence-corrected chi connectivity index (χ0v) is 16.7. The maximum absolute atomic E-state index is 12.5. The molecule has 1 heterocycles. The molecule has 0 N–H and O–H groups in total. The van der Waals surface area contributed by atoms with Gasteiger partial charge in [-0.15, -0.1) is 0 Å². The van der Waals surface area contributed by atoms with Crippen molar-refractivity contribution in [3.05, 3.63) is 22.1 Å². The van der Waals surface area contributed by atoms with E-state index >= 15 is 0 Å². The van der Waals surface area contributed by atoms with E-state index in [4.69, 9.17) is 13.9 Å². The number of hydrogen-bond acceptors (Lipinski definition) is 10. The summed E-state index contributed by atoms with van der Waals surface area (Å²) in [5.41, 5.74) is 0. The summed E-state index contributed by atoms with van der Waals surface area (Å²) in [5.74, 6) is -1.88. The smallest absolute Gasteiger partial charge is 0.466 e. The van der Waals surface area contributed by atoms with Crippen LogP contribution < -0.4 is 5.82 Å². The minimum atomic E-state index is -1.11. The highest BCUT2D eigenvalue weighted by Crippen LogP contribution is 2.30. The van der Waals surface area contributed by atoms with Gasteiger partial charge in [0.1, 0.15) is 5.78 Å². The molecule has 26 heavy (non-hydrogen) atoms. The van der Waals surface area contributed by atoms with Crippen LogP contribution in [-0.2, 0) is 25.7 Å².